The molecule has 2 amide bonds. The summed E-state index contributed by atoms with van der Waals surface area (Å²) in [7, 11) is 0. The molecule has 1 unspecified atom stereocenters. The first kappa shape index (κ1) is 14.9. The van der Waals surface area contributed by atoms with E-state index in [9.17, 15) is 9.59 Å². The van der Waals surface area contributed by atoms with Crippen molar-refractivity contribution >= 4 is 17.5 Å². The van der Waals surface area contributed by atoms with Gasteiger partial charge in [-0.2, -0.15) is 0 Å². The van der Waals surface area contributed by atoms with Crippen LogP contribution in [0, 0.1) is 13.8 Å². The van der Waals surface area contributed by atoms with Gasteiger partial charge >= 0.3 is 0 Å². The zero-order chi connectivity index (χ0) is 16.9. The SMILES string of the molecule is Cc1ccc(C(=O)N2CCC3(C2)C(=O)Nc2ccccc23)c(C)n1. The zero-order valence-electron chi connectivity index (χ0n) is 13.8. The second-order valence-corrected chi connectivity index (χ2v) is 6.64. The minimum absolute atomic E-state index is 0.00208. The Labute approximate surface area is 140 Å². The largest absolute Gasteiger partial charge is 0.337 e. The summed E-state index contributed by atoms with van der Waals surface area (Å²) in [5, 5.41) is 2.96. The molecule has 24 heavy (non-hydrogen) atoms. The minimum Gasteiger partial charge on any atom is -0.337 e. The van der Waals surface area contributed by atoms with Gasteiger partial charge in [0, 0.05) is 24.5 Å². The van der Waals surface area contributed by atoms with Crippen molar-refractivity contribution in [2.24, 2.45) is 0 Å². The van der Waals surface area contributed by atoms with Crippen molar-refractivity contribution in [3.8, 4) is 0 Å². The lowest BCUT2D eigenvalue weighted by atomic mass is 9.81. The number of hydrogen-bond donors (Lipinski definition) is 1. The third-order valence-electron chi connectivity index (χ3n) is 5.14. The normalized spacial score (nSPS) is 21.9. The number of carbonyl (C=O) groups excluding carboxylic acids is 2. The van der Waals surface area contributed by atoms with Gasteiger partial charge in [0.2, 0.25) is 5.91 Å². The monoisotopic (exact) mass is 321 g/mol. The second-order valence-electron chi connectivity index (χ2n) is 6.64. The van der Waals surface area contributed by atoms with E-state index in [0.29, 0.717) is 25.1 Å². The number of hydrogen-bond acceptors (Lipinski definition) is 3. The first-order valence-corrected chi connectivity index (χ1v) is 8.16. The lowest BCUT2D eigenvalue weighted by molar-refractivity contribution is -0.120. The van der Waals surface area contributed by atoms with Crippen LogP contribution in [-0.2, 0) is 10.2 Å². The van der Waals surface area contributed by atoms with Crippen LogP contribution in [-0.4, -0.2) is 34.8 Å². The van der Waals surface area contributed by atoms with E-state index in [0.717, 1.165) is 22.6 Å². The number of aromatic nitrogens is 1. The molecule has 1 spiro atoms. The van der Waals surface area contributed by atoms with Crippen LogP contribution in [0.2, 0.25) is 0 Å². The molecule has 5 heteroatoms. The van der Waals surface area contributed by atoms with Gasteiger partial charge in [-0.15, -0.1) is 0 Å². The van der Waals surface area contributed by atoms with E-state index >= 15 is 0 Å². The van der Waals surface area contributed by atoms with E-state index in [1.165, 1.54) is 0 Å². The summed E-state index contributed by atoms with van der Waals surface area (Å²) in [4.78, 5) is 31.7. The molecule has 1 fully saturated rings. The van der Waals surface area contributed by atoms with Crippen molar-refractivity contribution in [1.82, 2.24) is 9.88 Å². The lowest BCUT2D eigenvalue weighted by Gasteiger charge is -2.23. The second kappa shape index (κ2) is 5.16. The van der Waals surface area contributed by atoms with Crippen LogP contribution < -0.4 is 5.32 Å². The fraction of sp³-hybridized carbons (Fsp3) is 0.316. The Morgan fingerprint density at radius 3 is 2.79 bits per heavy atom. The van der Waals surface area contributed by atoms with Gasteiger partial charge < -0.3 is 10.2 Å². The van der Waals surface area contributed by atoms with Crippen LogP contribution in [0.3, 0.4) is 0 Å². The van der Waals surface area contributed by atoms with Gasteiger partial charge in [-0.25, -0.2) is 0 Å². The van der Waals surface area contributed by atoms with Gasteiger partial charge in [0.25, 0.3) is 5.91 Å². The molecule has 2 aromatic rings. The Balaban J connectivity index is 1.65. The number of aryl methyl sites for hydroxylation is 2. The summed E-state index contributed by atoms with van der Waals surface area (Å²) in [5.74, 6) is -0.0493. The molecule has 1 N–H and O–H groups in total. The number of benzene rings is 1. The molecule has 3 heterocycles. The van der Waals surface area contributed by atoms with Gasteiger partial charge in [-0.3, -0.25) is 14.6 Å². The highest BCUT2D eigenvalue weighted by atomic mass is 16.2. The predicted molar refractivity (Wildman–Crippen MR) is 91.0 cm³/mol. The molecule has 2 aliphatic rings. The minimum atomic E-state index is -0.613. The van der Waals surface area contributed by atoms with E-state index < -0.39 is 5.41 Å². The zero-order valence-corrected chi connectivity index (χ0v) is 13.8. The van der Waals surface area contributed by atoms with E-state index in [1.54, 1.807) is 4.90 Å². The first-order chi connectivity index (χ1) is 11.5. The van der Waals surface area contributed by atoms with Crippen LogP contribution in [0.5, 0.6) is 0 Å². The molecule has 4 rings (SSSR count). The highest BCUT2D eigenvalue weighted by Gasteiger charge is 2.52. The third kappa shape index (κ3) is 2.04. The van der Waals surface area contributed by atoms with Gasteiger partial charge in [0.05, 0.1) is 16.7 Å². The average Bonchev–Trinajstić information content (AvgIpc) is 3.11. The van der Waals surface area contributed by atoms with Gasteiger partial charge in [-0.05, 0) is 44.0 Å². The Kier molecular flexibility index (Phi) is 3.20. The molecule has 2 aliphatic heterocycles. The summed E-state index contributed by atoms with van der Waals surface area (Å²) < 4.78 is 0. The number of amides is 2. The third-order valence-corrected chi connectivity index (χ3v) is 5.14. The van der Waals surface area contributed by atoms with Crippen LogP contribution in [0.15, 0.2) is 36.4 Å². The number of carbonyl (C=O) groups is 2. The summed E-state index contributed by atoms with van der Waals surface area (Å²) in [6.07, 6.45) is 0.653. The van der Waals surface area contributed by atoms with Crippen molar-refractivity contribution < 1.29 is 9.59 Å². The van der Waals surface area contributed by atoms with Crippen molar-refractivity contribution in [3.05, 3.63) is 58.9 Å². The quantitative estimate of drug-likeness (QED) is 0.877. The lowest BCUT2D eigenvalue weighted by Crippen LogP contribution is -2.39. The summed E-state index contributed by atoms with van der Waals surface area (Å²) >= 11 is 0. The molecule has 0 aliphatic carbocycles. The average molecular weight is 321 g/mol. The van der Waals surface area contributed by atoms with E-state index in [-0.39, 0.29) is 11.8 Å². The number of anilines is 1. The van der Waals surface area contributed by atoms with E-state index in [4.69, 9.17) is 0 Å². The standard InChI is InChI=1S/C19H19N3O2/c1-12-7-8-14(13(2)20-12)17(23)22-10-9-19(11-22)15-5-3-4-6-16(15)21-18(19)24/h3-8H,9-11H2,1-2H3,(H,21,24). The van der Waals surface area contributed by atoms with E-state index in [1.807, 2.05) is 50.2 Å². The number of likely N-dealkylation sites (tertiary alicyclic amines) is 1. The van der Waals surface area contributed by atoms with Crippen molar-refractivity contribution in [2.45, 2.75) is 25.7 Å². The summed E-state index contributed by atoms with van der Waals surface area (Å²) in [6.45, 7) is 4.76. The smallest absolute Gasteiger partial charge is 0.255 e. The van der Waals surface area contributed by atoms with Gasteiger partial charge in [-0.1, -0.05) is 18.2 Å². The maximum Gasteiger partial charge on any atom is 0.255 e. The highest BCUT2D eigenvalue weighted by molar-refractivity contribution is 6.07. The number of rotatable bonds is 1. The Bertz CT molecular complexity index is 861. The molecule has 1 aromatic carbocycles. The maximum absolute atomic E-state index is 12.9. The van der Waals surface area contributed by atoms with Crippen molar-refractivity contribution in [1.29, 1.82) is 0 Å². The fourth-order valence-corrected chi connectivity index (χ4v) is 3.84. The summed E-state index contributed by atoms with van der Waals surface area (Å²) in [5.41, 5.74) is 3.50. The van der Waals surface area contributed by atoms with Gasteiger partial charge in [0.15, 0.2) is 0 Å². The fourth-order valence-electron chi connectivity index (χ4n) is 3.84. The Morgan fingerprint density at radius 1 is 1.21 bits per heavy atom. The van der Waals surface area contributed by atoms with Crippen molar-refractivity contribution in [2.75, 3.05) is 18.4 Å². The Hall–Kier alpha value is -2.69. The molecule has 0 radical (unpaired) electrons. The highest BCUT2D eigenvalue weighted by Crippen LogP contribution is 2.44. The molecule has 0 bridgehead atoms. The molecule has 5 nitrogen and oxygen atoms in total. The number of nitrogens with zero attached hydrogens (tertiary/aromatic N) is 2. The maximum atomic E-state index is 12.9. The number of fused-ring (bicyclic) bond motifs is 2. The molecular weight excluding hydrogens is 302 g/mol. The topological polar surface area (TPSA) is 62.3 Å². The molecule has 122 valence electrons. The molecule has 1 aromatic heterocycles. The molecule has 1 saturated heterocycles. The summed E-state index contributed by atoms with van der Waals surface area (Å²) in [6, 6.07) is 11.4. The van der Waals surface area contributed by atoms with Crippen LogP contribution in [0.25, 0.3) is 0 Å². The first-order valence-electron chi connectivity index (χ1n) is 8.16. The van der Waals surface area contributed by atoms with Crippen LogP contribution in [0.1, 0.15) is 33.7 Å². The number of para-hydroxylation sites is 1. The molecule has 0 saturated carbocycles. The van der Waals surface area contributed by atoms with E-state index in [2.05, 4.69) is 10.3 Å². The molecule has 1 atom stereocenters. The Morgan fingerprint density at radius 2 is 2.00 bits per heavy atom. The predicted octanol–water partition coefficient (Wildman–Crippen LogP) is 2.43. The van der Waals surface area contributed by atoms with Crippen LogP contribution >= 0.6 is 0 Å². The number of nitrogens with one attached hydrogen (secondary N) is 1. The van der Waals surface area contributed by atoms with Crippen LogP contribution in [0.4, 0.5) is 5.69 Å². The number of pyridine rings is 1. The van der Waals surface area contributed by atoms with Gasteiger partial charge in [0.1, 0.15) is 0 Å². The molecular formula is C19H19N3O2. The van der Waals surface area contributed by atoms with Crippen molar-refractivity contribution in [3.63, 3.8) is 0 Å².